The Morgan fingerprint density at radius 2 is 1.93 bits per heavy atom. The lowest BCUT2D eigenvalue weighted by Gasteiger charge is -2.58. The maximum absolute atomic E-state index is 12.7. The zero-order chi connectivity index (χ0) is 31.9. The summed E-state index contributed by atoms with van der Waals surface area (Å²) in [5, 5.41) is 11.3. The number of carbonyl (C=O) groups excluding carboxylic acids is 2. The fourth-order valence-corrected chi connectivity index (χ4v) is 9.38. The molecule has 0 bridgehead atoms. The van der Waals surface area contributed by atoms with Crippen molar-refractivity contribution in [3.63, 3.8) is 0 Å². The van der Waals surface area contributed by atoms with Gasteiger partial charge in [0.2, 0.25) is 0 Å². The van der Waals surface area contributed by atoms with E-state index >= 15 is 0 Å². The minimum absolute atomic E-state index is 0.0365. The van der Waals surface area contributed by atoms with Crippen LogP contribution in [0.1, 0.15) is 77.7 Å². The van der Waals surface area contributed by atoms with Gasteiger partial charge in [-0.2, -0.15) is 0 Å². The Hall–Kier alpha value is -2.21. The van der Waals surface area contributed by atoms with E-state index in [-0.39, 0.29) is 41.2 Å². The SMILES string of the molecule is C=C1C=C[C@@]2(C)C(=C1)CC[C@@H]1C2[C@@H](O)C[C@@]2(C)C1CC[C@@H]2C(=O)COC.CCCN(CCCl)c1ccc(CCCC=O)cc1. The van der Waals surface area contributed by atoms with Crippen molar-refractivity contribution in [1.29, 1.82) is 0 Å². The number of benzene rings is 1. The van der Waals surface area contributed by atoms with Crippen molar-refractivity contribution in [2.75, 3.05) is 37.6 Å². The number of nitrogens with zero attached hydrogens (tertiary/aromatic N) is 1. The molecule has 7 atom stereocenters. The molecule has 0 amide bonds. The summed E-state index contributed by atoms with van der Waals surface area (Å²) in [7, 11) is 1.59. The van der Waals surface area contributed by atoms with Gasteiger partial charge in [0, 0.05) is 55.4 Å². The lowest BCUT2D eigenvalue weighted by molar-refractivity contribution is -0.141. The van der Waals surface area contributed by atoms with Crippen molar-refractivity contribution in [2.24, 2.45) is 34.5 Å². The molecule has 6 heteroatoms. The van der Waals surface area contributed by atoms with Crippen LogP contribution in [-0.4, -0.2) is 56.0 Å². The predicted octanol–water partition coefficient (Wildman–Crippen LogP) is 7.75. The Labute approximate surface area is 270 Å². The van der Waals surface area contributed by atoms with E-state index in [9.17, 15) is 14.7 Å². The molecule has 3 saturated carbocycles. The first-order valence-corrected chi connectivity index (χ1v) is 17.3. The predicted molar refractivity (Wildman–Crippen MR) is 181 cm³/mol. The molecular weight excluding hydrogens is 570 g/mol. The van der Waals surface area contributed by atoms with Crippen molar-refractivity contribution in [3.8, 4) is 0 Å². The van der Waals surface area contributed by atoms with Crippen LogP contribution >= 0.6 is 11.6 Å². The summed E-state index contributed by atoms with van der Waals surface area (Å²) in [5.41, 5.74) is 4.87. The number of Topliss-reactive ketones (excluding diaryl/α,β-unsaturated/α-hetero) is 1. The molecule has 4 aliphatic carbocycles. The number of aliphatic hydroxyl groups excluding tert-OH is 1. The van der Waals surface area contributed by atoms with Crippen molar-refractivity contribution in [1.82, 2.24) is 0 Å². The molecular formula is C38H54ClNO4. The first kappa shape index (κ1) is 34.7. The molecule has 1 aromatic carbocycles. The van der Waals surface area contributed by atoms with E-state index in [4.69, 9.17) is 16.3 Å². The van der Waals surface area contributed by atoms with Crippen LogP contribution in [0.25, 0.3) is 0 Å². The molecule has 5 nitrogen and oxygen atoms in total. The summed E-state index contributed by atoms with van der Waals surface area (Å²) in [6.45, 7) is 13.0. The van der Waals surface area contributed by atoms with Gasteiger partial charge < -0.3 is 19.5 Å². The average molecular weight is 624 g/mol. The highest BCUT2D eigenvalue weighted by atomic mass is 35.5. The number of alkyl halides is 1. The lowest BCUT2D eigenvalue weighted by atomic mass is 9.46. The lowest BCUT2D eigenvalue weighted by Crippen LogP contribution is -2.56. The molecule has 0 radical (unpaired) electrons. The number of fused-ring (bicyclic) bond motifs is 5. The van der Waals surface area contributed by atoms with E-state index in [0.29, 0.717) is 24.1 Å². The van der Waals surface area contributed by atoms with Crippen LogP contribution in [0.15, 0.2) is 60.2 Å². The quantitative estimate of drug-likeness (QED) is 0.146. The van der Waals surface area contributed by atoms with Crippen LogP contribution in [0.2, 0.25) is 0 Å². The largest absolute Gasteiger partial charge is 0.393 e. The molecule has 4 aliphatic rings. The van der Waals surface area contributed by atoms with Gasteiger partial charge in [-0.3, -0.25) is 4.79 Å². The van der Waals surface area contributed by atoms with Gasteiger partial charge >= 0.3 is 0 Å². The standard InChI is InChI=1S/C23H32O3.C15H22ClNO/c1-14-9-10-22(2)15(11-14)5-6-16-17-7-8-18(20(25)13-26-4)23(17,3)12-19(24)21(16)22;1-2-11-17(12-10-16)15-8-6-14(7-9-15)5-3-4-13-18/h9-11,16-19,21,24H,1,5-8,12-13H2,2-4H3;6-9,13H,2-5,10-12H2,1H3/t16-,17?,18+,19-,21?,22-,23-;/m0./s1. The van der Waals surface area contributed by atoms with Gasteiger partial charge in [-0.1, -0.05) is 63.3 Å². The fraction of sp³-hybridized carbons (Fsp3) is 0.632. The number of methoxy groups -OCH3 is 1. The maximum Gasteiger partial charge on any atom is 0.162 e. The number of rotatable bonds is 12. The van der Waals surface area contributed by atoms with Crippen molar-refractivity contribution >= 4 is 29.4 Å². The third-order valence-corrected chi connectivity index (χ3v) is 11.4. The van der Waals surface area contributed by atoms with Gasteiger partial charge in [0.25, 0.3) is 0 Å². The molecule has 0 spiro atoms. The van der Waals surface area contributed by atoms with Crippen LogP contribution in [-0.2, 0) is 20.7 Å². The molecule has 2 unspecified atom stereocenters. The number of hydrogen-bond acceptors (Lipinski definition) is 5. The summed E-state index contributed by atoms with van der Waals surface area (Å²) in [6, 6.07) is 8.60. The Bertz CT molecular complexity index is 1200. The van der Waals surface area contributed by atoms with Gasteiger partial charge in [0.05, 0.1) is 6.10 Å². The highest BCUT2D eigenvalue weighted by Gasteiger charge is 2.62. The molecule has 0 aliphatic heterocycles. The van der Waals surface area contributed by atoms with E-state index in [1.54, 1.807) is 7.11 Å². The third kappa shape index (κ3) is 7.26. The topological polar surface area (TPSA) is 66.8 Å². The van der Waals surface area contributed by atoms with Crippen molar-refractivity contribution in [2.45, 2.75) is 84.7 Å². The molecule has 0 saturated heterocycles. The molecule has 5 rings (SSSR count). The smallest absolute Gasteiger partial charge is 0.162 e. The maximum atomic E-state index is 12.7. The molecule has 1 N–H and O–H groups in total. The van der Waals surface area contributed by atoms with E-state index in [1.807, 2.05) is 0 Å². The Morgan fingerprint density at radius 1 is 1.18 bits per heavy atom. The average Bonchev–Trinajstić information content (AvgIpc) is 3.35. The number of allylic oxidation sites excluding steroid dienone is 5. The molecule has 0 aromatic heterocycles. The second-order valence-electron chi connectivity index (χ2n) is 13.9. The summed E-state index contributed by atoms with van der Waals surface area (Å²) in [5.74, 6) is 2.18. The minimum Gasteiger partial charge on any atom is -0.393 e. The third-order valence-electron chi connectivity index (χ3n) is 11.2. The Balaban J connectivity index is 0.000000217. The number of ether oxygens (including phenoxy) is 1. The highest BCUT2D eigenvalue weighted by Crippen LogP contribution is 2.66. The number of carbonyl (C=O) groups is 2. The summed E-state index contributed by atoms with van der Waals surface area (Å²) in [6.07, 6.45) is 15.9. The minimum atomic E-state index is -0.359. The zero-order valence-corrected chi connectivity index (χ0v) is 28.2. The number of aldehydes is 1. The van der Waals surface area contributed by atoms with E-state index in [0.717, 1.165) is 76.3 Å². The fourth-order valence-electron chi connectivity index (χ4n) is 9.18. The van der Waals surface area contributed by atoms with Gasteiger partial charge in [0.15, 0.2) is 5.78 Å². The monoisotopic (exact) mass is 623 g/mol. The number of ketones is 1. The van der Waals surface area contributed by atoms with Crippen molar-refractivity contribution in [3.05, 3.63) is 65.8 Å². The van der Waals surface area contributed by atoms with Crippen LogP contribution < -0.4 is 4.90 Å². The van der Waals surface area contributed by atoms with E-state index in [2.05, 4.69) is 74.7 Å². The number of hydrogen-bond donors (Lipinski definition) is 1. The molecule has 3 fully saturated rings. The molecule has 1 aromatic rings. The second kappa shape index (κ2) is 15.4. The normalized spacial score (nSPS) is 32.0. The van der Waals surface area contributed by atoms with Gasteiger partial charge in [-0.05, 0) is 91.9 Å². The van der Waals surface area contributed by atoms with E-state index < -0.39 is 0 Å². The van der Waals surface area contributed by atoms with Crippen LogP contribution in [0.3, 0.4) is 0 Å². The number of anilines is 1. The number of halogens is 1. The van der Waals surface area contributed by atoms with Gasteiger partial charge in [0.1, 0.15) is 12.9 Å². The van der Waals surface area contributed by atoms with Crippen LogP contribution in [0.5, 0.6) is 0 Å². The highest BCUT2D eigenvalue weighted by molar-refractivity contribution is 6.18. The first-order valence-electron chi connectivity index (χ1n) is 16.7. The Kier molecular flexibility index (Phi) is 12.1. The Morgan fingerprint density at radius 3 is 2.59 bits per heavy atom. The second-order valence-corrected chi connectivity index (χ2v) is 14.3. The summed E-state index contributed by atoms with van der Waals surface area (Å²) < 4.78 is 5.13. The van der Waals surface area contributed by atoms with Gasteiger partial charge in [-0.25, -0.2) is 0 Å². The molecule has 242 valence electrons. The van der Waals surface area contributed by atoms with E-state index in [1.165, 1.54) is 16.8 Å². The van der Waals surface area contributed by atoms with Crippen molar-refractivity contribution < 1.29 is 19.4 Å². The number of aliphatic hydroxyl groups is 1. The molecule has 44 heavy (non-hydrogen) atoms. The number of unbranched alkanes of at least 4 members (excludes halogenated alkanes) is 1. The summed E-state index contributed by atoms with van der Waals surface area (Å²) >= 11 is 5.82. The molecule has 0 heterocycles. The van der Waals surface area contributed by atoms with Gasteiger partial charge in [-0.15, -0.1) is 11.6 Å². The van der Waals surface area contributed by atoms with Crippen LogP contribution in [0, 0.1) is 34.5 Å². The van der Waals surface area contributed by atoms with Crippen LogP contribution in [0.4, 0.5) is 5.69 Å². The first-order chi connectivity index (χ1) is 21.1. The number of aryl methyl sites for hydroxylation is 1. The summed E-state index contributed by atoms with van der Waals surface area (Å²) in [4.78, 5) is 25.2. The zero-order valence-electron chi connectivity index (χ0n) is 27.4.